The predicted octanol–water partition coefficient (Wildman–Crippen LogP) is 3.23. The molecule has 0 saturated carbocycles. The minimum atomic E-state index is -0.393. The smallest absolute Gasteiger partial charge is 0.267 e. The van der Waals surface area contributed by atoms with Gasteiger partial charge in [0.2, 0.25) is 0 Å². The van der Waals surface area contributed by atoms with Crippen molar-refractivity contribution >= 4 is 23.2 Å². The molecule has 1 aliphatic rings. The number of rotatable bonds is 4. The fourth-order valence-electron chi connectivity index (χ4n) is 3.60. The Bertz CT molecular complexity index is 1000. The molecule has 7 nitrogen and oxygen atoms in total. The van der Waals surface area contributed by atoms with Gasteiger partial charge < -0.3 is 0 Å². The summed E-state index contributed by atoms with van der Waals surface area (Å²) in [6.45, 7) is 1.95. The van der Waals surface area contributed by atoms with Crippen LogP contribution in [0, 0.1) is 0 Å². The van der Waals surface area contributed by atoms with Crippen LogP contribution >= 0.6 is 11.3 Å². The predicted molar refractivity (Wildman–Crippen MR) is 111 cm³/mol. The van der Waals surface area contributed by atoms with Crippen molar-refractivity contribution in [1.29, 1.82) is 0 Å². The Morgan fingerprint density at radius 3 is 2.76 bits per heavy atom. The van der Waals surface area contributed by atoms with Gasteiger partial charge in [0.15, 0.2) is 5.82 Å². The van der Waals surface area contributed by atoms with Crippen molar-refractivity contribution in [1.82, 2.24) is 25.6 Å². The molecule has 0 fully saturated rings. The van der Waals surface area contributed by atoms with Crippen molar-refractivity contribution in [3.8, 4) is 5.82 Å². The third kappa shape index (κ3) is 4.07. The largest absolute Gasteiger partial charge is 0.279 e. The van der Waals surface area contributed by atoms with Crippen LogP contribution in [0.3, 0.4) is 0 Å². The summed E-state index contributed by atoms with van der Waals surface area (Å²) in [7, 11) is 0. The Morgan fingerprint density at radius 2 is 1.97 bits per heavy atom. The summed E-state index contributed by atoms with van der Waals surface area (Å²) in [5.74, 6) is -0.0328. The van der Waals surface area contributed by atoms with Crippen LogP contribution in [0.4, 0.5) is 0 Å². The number of hydrazine groups is 1. The molecule has 0 unspecified atom stereocenters. The second-order valence-corrected chi connectivity index (χ2v) is 8.12. The molecule has 29 heavy (non-hydrogen) atoms. The topological polar surface area (TPSA) is 88.9 Å². The van der Waals surface area contributed by atoms with E-state index >= 15 is 0 Å². The van der Waals surface area contributed by atoms with E-state index in [1.165, 1.54) is 47.2 Å². The maximum atomic E-state index is 12.6. The Hall–Kier alpha value is -3.00. The van der Waals surface area contributed by atoms with Gasteiger partial charge in [-0.05, 0) is 55.9 Å². The molecule has 0 saturated heterocycles. The molecule has 2 N–H and O–H groups in total. The maximum Gasteiger partial charge on any atom is 0.279 e. The maximum absolute atomic E-state index is 12.6. The summed E-state index contributed by atoms with van der Waals surface area (Å²) < 4.78 is 1.65. The molecule has 0 bridgehead atoms. The van der Waals surface area contributed by atoms with Crippen molar-refractivity contribution in [2.75, 3.05) is 0 Å². The summed E-state index contributed by atoms with van der Waals surface area (Å²) >= 11 is 1.53. The zero-order valence-electron chi connectivity index (χ0n) is 16.3. The Balaban J connectivity index is 1.45. The van der Waals surface area contributed by atoms with E-state index in [9.17, 15) is 9.59 Å². The molecule has 150 valence electrons. The fourth-order valence-corrected chi connectivity index (χ4v) is 4.75. The van der Waals surface area contributed by atoms with Gasteiger partial charge in [-0.1, -0.05) is 19.4 Å². The Kier molecular flexibility index (Phi) is 5.71. The summed E-state index contributed by atoms with van der Waals surface area (Å²) in [5, 5.41) is 4.30. The molecule has 0 atom stereocenters. The molecule has 3 heterocycles. The summed E-state index contributed by atoms with van der Waals surface area (Å²) in [4.78, 5) is 31.4. The van der Waals surface area contributed by atoms with Crippen molar-refractivity contribution in [3.05, 3.63) is 63.2 Å². The van der Waals surface area contributed by atoms with Crippen LogP contribution in [0.15, 0.2) is 36.7 Å². The number of fused-ring (bicyclic) bond motifs is 1. The number of hydrogen-bond donors (Lipinski definition) is 2. The first-order valence-electron chi connectivity index (χ1n) is 9.88. The van der Waals surface area contributed by atoms with Gasteiger partial charge in [0.1, 0.15) is 0 Å². The molecule has 4 rings (SSSR count). The van der Waals surface area contributed by atoms with Crippen LogP contribution in [0.5, 0.6) is 0 Å². The molecule has 3 aromatic rings. The molecule has 8 heteroatoms. The van der Waals surface area contributed by atoms with Crippen LogP contribution in [0.2, 0.25) is 0 Å². The van der Waals surface area contributed by atoms with Crippen molar-refractivity contribution in [2.45, 2.75) is 45.4 Å². The number of carbonyl (C=O) groups excluding carboxylic acids is 2. The quantitative estimate of drug-likeness (QED) is 0.511. The van der Waals surface area contributed by atoms with Gasteiger partial charge in [-0.15, -0.1) is 11.3 Å². The average molecular weight is 410 g/mol. The van der Waals surface area contributed by atoms with E-state index in [2.05, 4.69) is 20.9 Å². The third-order valence-corrected chi connectivity index (χ3v) is 6.31. The van der Waals surface area contributed by atoms with Crippen LogP contribution in [0.1, 0.15) is 62.4 Å². The van der Waals surface area contributed by atoms with Crippen LogP contribution in [0.25, 0.3) is 5.82 Å². The first-order valence-corrected chi connectivity index (χ1v) is 10.7. The zero-order valence-corrected chi connectivity index (χ0v) is 17.1. The SMILES string of the molecule is CCc1c(C(=O)NNC(=O)c2cc3c(s2)CCCCC3)cnn1-c1ccccn1. The van der Waals surface area contributed by atoms with E-state index in [0.29, 0.717) is 22.7 Å². The Labute approximate surface area is 173 Å². The molecule has 0 aromatic carbocycles. The van der Waals surface area contributed by atoms with Gasteiger partial charge in [-0.2, -0.15) is 5.10 Å². The molecule has 0 radical (unpaired) electrons. The molecule has 0 aliphatic heterocycles. The van der Waals surface area contributed by atoms with Gasteiger partial charge in [-0.3, -0.25) is 20.4 Å². The number of aromatic nitrogens is 3. The van der Waals surface area contributed by atoms with Gasteiger partial charge in [0.25, 0.3) is 11.8 Å². The highest BCUT2D eigenvalue weighted by Crippen LogP contribution is 2.28. The lowest BCUT2D eigenvalue weighted by Crippen LogP contribution is -2.41. The number of pyridine rings is 1. The molecule has 2 amide bonds. The van der Waals surface area contributed by atoms with Crippen LogP contribution in [-0.4, -0.2) is 26.6 Å². The minimum absolute atomic E-state index is 0.286. The normalized spacial score (nSPS) is 13.4. The standard InChI is InChI=1S/C21H23N5O2S/c1-2-16-15(13-23-26(16)19-10-6-7-11-22-19)20(27)24-25-21(28)18-12-14-8-4-3-5-9-17(14)29-18/h6-7,10-13H,2-5,8-9H2,1H3,(H,24,27)(H,25,28). The summed E-state index contributed by atoms with van der Waals surface area (Å²) in [6, 6.07) is 7.48. The van der Waals surface area contributed by atoms with Gasteiger partial charge in [-0.25, -0.2) is 9.67 Å². The van der Waals surface area contributed by atoms with Gasteiger partial charge >= 0.3 is 0 Å². The number of amides is 2. The lowest BCUT2D eigenvalue weighted by Gasteiger charge is -2.08. The van der Waals surface area contributed by atoms with Crippen molar-refractivity contribution in [2.24, 2.45) is 0 Å². The lowest BCUT2D eigenvalue weighted by atomic mass is 10.1. The molecular formula is C21H23N5O2S. The van der Waals surface area contributed by atoms with Gasteiger partial charge in [0, 0.05) is 11.1 Å². The molecule has 0 spiro atoms. The van der Waals surface area contributed by atoms with E-state index in [4.69, 9.17) is 0 Å². The first-order chi connectivity index (χ1) is 14.2. The zero-order chi connectivity index (χ0) is 20.2. The highest BCUT2D eigenvalue weighted by molar-refractivity contribution is 7.14. The number of thiophene rings is 1. The second-order valence-electron chi connectivity index (χ2n) is 6.99. The fraction of sp³-hybridized carbons (Fsp3) is 0.333. The summed E-state index contributed by atoms with van der Waals surface area (Å²) in [5.41, 5.74) is 7.49. The minimum Gasteiger partial charge on any atom is -0.267 e. The van der Waals surface area contributed by atoms with E-state index in [-0.39, 0.29) is 5.91 Å². The average Bonchev–Trinajstić information content (AvgIpc) is 3.30. The summed E-state index contributed by atoms with van der Waals surface area (Å²) in [6.07, 6.45) is 9.43. The third-order valence-electron chi connectivity index (χ3n) is 5.07. The monoisotopic (exact) mass is 409 g/mol. The number of hydrogen-bond acceptors (Lipinski definition) is 5. The molecular weight excluding hydrogens is 386 g/mol. The van der Waals surface area contributed by atoms with E-state index in [0.717, 1.165) is 18.5 Å². The van der Waals surface area contributed by atoms with Gasteiger partial charge in [0.05, 0.1) is 22.3 Å². The molecule has 1 aliphatic carbocycles. The Morgan fingerprint density at radius 1 is 1.14 bits per heavy atom. The van der Waals surface area contributed by atoms with Crippen molar-refractivity contribution < 1.29 is 9.59 Å². The number of nitrogens with zero attached hydrogens (tertiary/aromatic N) is 3. The number of aryl methyl sites for hydroxylation is 2. The lowest BCUT2D eigenvalue weighted by molar-refractivity contribution is 0.0848. The van der Waals surface area contributed by atoms with E-state index in [1.807, 2.05) is 31.2 Å². The van der Waals surface area contributed by atoms with E-state index < -0.39 is 5.91 Å². The first kappa shape index (κ1) is 19.3. The highest BCUT2D eigenvalue weighted by Gasteiger charge is 2.20. The number of carbonyl (C=O) groups is 2. The van der Waals surface area contributed by atoms with Crippen LogP contribution < -0.4 is 10.9 Å². The number of nitrogens with one attached hydrogen (secondary N) is 2. The van der Waals surface area contributed by atoms with E-state index in [1.54, 1.807) is 10.9 Å². The van der Waals surface area contributed by atoms with Crippen LogP contribution in [-0.2, 0) is 19.3 Å². The highest BCUT2D eigenvalue weighted by atomic mass is 32.1. The van der Waals surface area contributed by atoms with Crippen molar-refractivity contribution in [3.63, 3.8) is 0 Å². The second kappa shape index (κ2) is 8.57. The molecule has 3 aromatic heterocycles.